The van der Waals surface area contributed by atoms with Gasteiger partial charge in [0.15, 0.2) is 5.79 Å². The summed E-state index contributed by atoms with van der Waals surface area (Å²) in [5.41, 5.74) is 0. The Labute approximate surface area is 74.2 Å². The Morgan fingerprint density at radius 1 is 1.00 bits per heavy atom. The van der Waals surface area contributed by atoms with E-state index >= 15 is 0 Å². The van der Waals surface area contributed by atoms with E-state index in [9.17, 15) is 0 Å². The van der Waals surface area contributed by atoms with Crippen LogP contribution in [-0.4, -0.2) is 18.0 Å². The zero-order valence-electron chi connectivity index (χ0n) is 8.01. The van der Waals surface area contributed by atoms with Crippen molar-refractivity contribution in [1.29, 1.82) is 0 Å². The number of hydrogen-bond donors (Lipinski definition) is 0. The minimum atomic E-state index is -0.183. The molecule has 0 saturated carbocycles. The summed E-state index contributed by atoms with van der Waals surface area (Å²) in [4.78, 5) is 0. The Balaban J connectivity index is 2.00. The summed E-state index contributed by atoms with van der Waals surface area (Å²) in [7, 11) is 0. The van der Waals surface area contributed by atoms with E-state index in [1.165, 1.54) is 12.8 Å². The highest BCUT2D eigenvalue weighted by molar-refractivity contribution is 4.83. The molecule has 1 spiro atoms. The van der Waals surface area contributed by atoms with Crippen molar-refractivity contribution in [2.75, 3.05) is 0 Å². The monoisotopic (exact) mass is 170 g/mol. The predicted molar refractivity (Wildman–Crippen MR) is 46.9 cm³/mol. The summed E-state index contributed by atoms with van der Waals surface area (Å²) in [6, 6.07) is 0. The first kappa shape index (κ1) is 8.52. The molecule has 0 aromatic rings. The van der Waals surface area contributed by atoms with E-state index in [0.29, 0.717) is 12.2 Å². The Morgan fingerprint density at radius 3 is 2.25 bits per heavy atom. The van der Waals surface area contributed by atoms with Gasteiger partial charge in [-0.25, -0.2) is 0 Å². The minimum Gasteiger partial charge on any atom is -0.347 e. The predicted octanol–water partition coefficient (Wildman–Crippen LogP) is 2.47. The van der Waals surface area contributed by atoms with Gasteiger partial charge in [-0.2, -0.15) is 0 Å². The molecule has 2 nitrogen and oxygen atoms in total. The molecule has 0 aromatic heterocycles. The summed E-state index contributed by atoms with van der Waals surface area (Å²) in [5, 5.41) is 0. The van der Waals surface area contributed by atoms with Crippen LogP contribution < -0.4 is 0 Å². The van der Waals surface area contributed by atoms with Gasteiger partial charge in [0.2, 0.25) is 0 Å². The van der Waals surface area contributed by atoms with Crippen LogP contribution in [0.1, 0.15) is 46.0 Å². The van der Waals surface area contributed by atoms with E-state index in [-0.39, 0.29) is 5.79 Å². The lowest BCUT2D eigenvalue weighted by molar-refractivity contribution is -0.264. The fourth-order valence-corrected chi connectivity index (χ4v) is 2.32. The highest BCUT2D eigenvalue weighted by Gasteiger charge is 2.42. The largest absolute Gasteiger partial charge is 0.347 e. The van der Waals surface area contributed by atoms with Crippen LogP contribution in [0.2, 0.25) is 0 Å². The molecule has 2 saturated heterocycles. The standard InChI is InChI=1S/C10H18O2/c1-8-4-3-6-10(11-8)7-5-9(2)12-10/h8-9H,3-7H2,1-2H3. The molecule has 0 aliphatic carbocycles. The molecule has 2 aliphatic rings. The molecule has 2 rings (SSSR count). The second kappa shape index (κ2) is 3.00. The van der Waals surface area contributed by atoms with Crippen molar-refractivity contribution in [2.24, 2.45) is 0 Å². The number of hydrogen-bond acceptors (Lipinski definition) is 2. The highest BCUT2D eigenvalue weighted by atomic mass is 16.7. The van der Waals surface area contributed by atoms with Crippen LogP contribution in [0.25, 0.3) is 0 Å². The molecule has 2 heteroatoms. The average molecular weight is 170 g/mol. The van der Waals surface area contributed by atoms with Crippen LogP contribution in [0.3, 0.4) is 0 Å². The van der Waals surface area contributed by atoms with Gasteiger partial charge >= 0.3 is 0 Å². The molecule has 0 aromatic carbocycles. The quantitative estimate of drug-likeness (QED) is 0.556. The van der Waals surface area contributed by atoms with Gasteiger partial charge in [-0.15, -0.1) is 0 Å². The van der Waals surface area contributed by atoms with Crippen molar-refractivity contribution < 1.29 is 9.47 Å². The Bertz CT molecular complexity index is 165. The summed E-state index contributed by atoms with van der Waals surface area (Å²) in [6.07, 6.45) is 6.60. The van der Waals surface area contributed by atoms with Gasteiger partial charge < -0.3 is 9.47 Å². The fourth-order valence-electron chi connectivity index (χ4n) is 2.32. The lowest BCUT2D eigenvalue weighted by atomic mass is 9.99. The van der Waals surface area contributed by atoms with Crippen molar-refractivity contribution in [3.05, 3.63) is 0 Å². The third-order valence-electron chi connectivity index (χ3n) is 2.93. The molecule has 0 radical (unpaired) electrons. The second-order valence-electron chi connectivity index (χ2n) is 4.20. The smallest absolute Gasteiger partial charge is 0.169 e. The normalized spacial score (nSPS) is 48.5. The summed E-state index contributed by atoms with van der Waals surface area (Å²) >= 11 is 0. The molecule has 0 amide bonds. The molecule has 0 N–H and O–H groups in total. The minimum absolute atomic E-state index is 0.183. The first-order valence-corrected chi connectivity index (χ1v) is 5.06. The van der Waals surface area contributed by atoms with Crippen LogP contribution in [0.4, 0.5) is 0 Å². The van der Waals surface area contributed by atoms with E-state index < -0.39 is 0 Å². The topological polar surface area (TPSA) is 18.5 Å². The maximum atomic E-state index is 5.88. The second-order valence-corrected chi connectivity index (χ2v) is 4.20. The number of rotatable bonds is 0. The van der Waals surface area contributed by atoms with Crippen molar-refractivity contribution in [2.45, 2.75) is 63.9 Å². The average Bonchev–Trinajstić information content (AvgIpc) is 2.32. The van der Waals surface area contributed by atoms with Crippen molar-refractivity contribution >= 4 is 0 Å². The van der Waals surface area contributed by atoms with Crippen LogP contribution >= 0.6 is 0 Å². The third kappa shape index (κ3) is 1.50. The molecule has 70 valence electrons. The van der Waals surface area contributed by atoms with Crippen molar-refractivity contribution in [1.82, 2.24) is 0 Å². The molecule has 0 bridgehead atoms. The van der Waals surface area contributed by atoms with Crippen molar-refractivity contribution in [3.8, 4) is 0 Å². The van der Waals surface area contributed by atoms with Crippen molar-refractivity contribution in [3.63, 3.8) is 0 Å². The van der Waals surface area contributed by atoms with E-state index in [1.807, 2.05) is 0 Å². The van der Waals surface area contributed by atoms with Crippen LogP contribution in [0.15, 0.2) is 0 Å². The van der Waals surface area contributed by atoms with E-state index in [4.69, 9.17) is 9.47 Å². The molecular formula is C10H18O2. The first-order valence-electron chi connectivity index (χ1n) is 5.06. The Hall–Kier alpha value is -0.0800. The molecular weight excluding hydrogens is 152 g/mol. The zero-order chi connectivity index (χ0) is 8.60. The lowest BCUT2D eigenvalue weighted by Gasteiger charge is -2.36. The van der Waals surface area contributed by atoms with Crippen LogP contribution in [0.5, 0.6) is 0 Å². The molecule has 3 unspecified atom stereocenters. The Kier molecular flexibility index (Phi) is 2.13. The Morgan fingerprint density at radius 2 is 1.67 bits per heavy atom. The fraction of sp³-hybridized carbons (Fsp3) is 1.00. The maximum Gasteiger partial charge on any atom is 0.169 e. The first-order chi connectivity index (χ1) is 5.70. The van der Waals surface area contributed by atoms with E-state index in [2.05, 4.69) is 13.8 Å². The molecule has 2 fully saturated rings. The summed E-state index contributed by atoms with van der Waals surface area (Å²) in [5.74, 6) is -0.183. The molecule has 12 heavy (non-hydrogen) atoms. The maximum absolute atomic E-state index is 5.88. The molecule has 2 aliphatic heterocycles. The number of ether oxygens (including phenoxy) is 2. The van der Waals surface area contributed by atoms with Gasteiger partial charge in [0.05, 0.1) is 12.2 Å². The zero-order valence-corrected chi connectivity index (χ0v) is 8.01. The van der Waals surface area contributed by atoms with Gasteiger partial charge in [-0.1, -0.05) is 0 Å². The van der Waals surface area contributed by atoms with Gasteiger partial charge in [-0.3, -0.25) is 0 Å². The van der Waals surface area contributed by atoms with Crippen LogP contribution in [0, 0.1) is 0 Å². The van der Waals surface area contributed by atoms with E-state index in [1.54, 1.807) is 0 Å². The van der Waals surface area contributed by atoms with Gasteiger partial charge in [0.1, 0.15) is 0 Å². The summed E-state index contributed by atoms with van der Waals surface area (Å²) < 4.78 is 11.7. The summed E-state index contributed by atoms with van der Waals surface area (Å²) in [6.45, 7) is 4.28. The third-order valence-corrected chi connectivity index (χ3v) is 2.93. The highest BCUT2D eigenvalue weighted by Crippen LogP contribution is 2.40. The van der Waals surface area contributed by atoms with Gasteiger partial charge in [-0.05, 0) is 33.1 Å². The lowest BCUT2D eigenvalue weighted by Crippen LogP contribution is -2.39. The molecule has 3 atom stereocenters. The van der Waals surface area contributed by atoms with Crippen LogP contribution in [-0.2, 0) is 9.47 Å². The SMILES string of the molecule is CC1CCCC2(CCC(C)O2)O1. The van der Waals surface area contributed by atoms with Gasteiger partial charge in [0, 0.05) is 12.8 Å². The molecule has 2 heterocycles. The van der Waals surface area contributed by atoms with E-state index in [0.717, 1.165) is 19.3 Å². The van der Waals surface area contributed by atoms with Gasteiger partial charge in [0.25, 0.3) is 0 Å².